The predicted molar refractivity (Wildman–Crippen MR) is 63.4 cm³/mol. The van der Waals surface area contributed by atoms with Crippen LogP contribution in [0.2, 0.25) is 0 Å². The van der Waals surface area contributed by atoms with Crippen LogP contribution in [0, 0.1) is 10.1 Å². The number of amides is 1. The molecule has 0 spiro atoms. The van der Waals surface area contributed by atoms with Gasteiger partial charge in [-0.05, 0) is 6.92 Å². The monoisotopic (exact) mass is 270 g/mol. The van der Waals surface area contributed by atoms with Crippen molar-refractivity contribution in [2.45, 2.75) is 19.9 Å². The Morgan fingerprint density at radius 3 is 2.74 bits per heavy atom. The molecule has 1 amide bonds. The van der Waals surface area contributed by atoms with Crippen LogP contribution >= 0.6 is 0 Å². The Morgan fingerprint density at radius 1 is 1.58 bits per heavy atom. The van der Waals surface area contributed by atoms with E-state index in [-0.39, 0.29) is 31.1 Å². The molecule has 0 aliphatic rings. The van der Waals surface area contributed by atoms with Crippen molar-refractivity contribution >= 4 is 17.6 Å². The minimum atomic E-state index is -1.08. The second-order valence-electron chi connectivity index (χ2n) is 3.77. The van der Waals surface area contributed by atoms with Crippen LogP contribution in [0.5, 0.6) is 0 Å². The van der Waals surface area contributed by atoms with Gasteiger partial charge in [0.05, 0.1) is 4.92 Å². The summed E-state index contributed by atoms with van der Waals surface area (Å²) in [6.07, 6.45) is 2.36. The number of aromatic nitrogens is 2. The molecule has 0 unspecified atom stereocenters. The first-order valence-electron chi connectivity index (χ1n) is 5.60. The molecule has 9 nitrogen and oxygen atoms in total. The van der Waals surface area contributed by atoms with Crippen LogP contribution < -0.4 is 0 Å². The lowest BCUT2D eigenvalue weighted by atomic mass is 10.3. The molecule has 104 valence electrons. The number of hydrogen-bond donors (Lipinski definition) is 1. The van der Waals surface area contributed by atoms with Crippen molar-refractivity contribution in [1.82, 2.24) is 14.7 Å². The Kier molecular flexibility index (Phi) is 4.98. The maximum absolute atomic E-state index is 11.7. The van der Waals surface area contributed by atoms with Gasteiger partial charge < -0.3 is 10.0 Å². The average molecular weight is 270 g/mol. The van der Waals surface area contributed by atoms with Crippen LogP contribution in [-0.4, -0.2) is 49.7 Å². The van der Waals surface area contributed by atoms with Gasteiger partial charge in [0, 0.05) is 19.5 Å². The van der Waals surface area contributed by atoms with E-state index in [1.807, 2.05) is 0 Å². The highest BCUT2D eigenvalue weighted by Crippen LogP contribution is 2.08. The zero-order valence-corrected chi connectivity index (χ0v) is 10.4. The average Bonchev–Trinajstić information content (AvgIpc) is 2.81. The molecule has 9 heteroatoms. The molecule has 0 radical (unpaired) electrons. The van der Waals surface area contributed by atoms with E-state index in [0.29, 0.717) is 6.54 Å². The van der Waals surface area contributed by atoms with Crippen molar-refractivity contribution in [1.29, 1.82) is 0 Å². The molecule has 0 aliphatic heterocycles. The van der Waals surface area contributed by atoms with Gasteiger partial charge in [-0.15, -0.1) is 0 Å². The Balaban J connectivity index is 2.52. The van der Waals surface area contributed by atoms with Crippen molar-refractivity contribution in [3.63, 3.8) is 0 Å². The van der Waals surface area contributed by atoms with Crippen LogP contribution in [0.3, 0.4) is 0 Å². The number of nitrogens with zero attached hydrogens (tertiary/aromatic N) is 4. The van der Waals surface area contributed by atoms with Crippen molar-refractivity contribution in [3.05, 3.63) is 22.5 Å². The van der Waals surface area contributed by atoms with Gasteiger partial charge >= 0.3 is 11.7 Å². The summed E-state index contributed by atoms with van der Waals surface area (Å²) >= 11 is 0. The fourth-order valence-corrected chi connectivity index (χ4v) is 1.48. The van der Waals surface area contributed by atoms with Gasteiger partial charge in [0.25, 0.3) is 0 Å². The van der Waals surface area contributed by atoms with E-state index in [1.165, 1.54) is 15.8 Å². The van der Waals surface area contributed by atoms with Crippen molar-refractivity contribution in [2.75, 3.05) is 13.1 Å². The number of carboxylic acids is 1. The molecular weight excluding hydrogens is 256 g/mol. The summed E-state index contributed by atoms with van der Waals surface area (Å²) in [5.41, 5.74) is -0.148. The molecular formula is C10H14N4O5. The minimum Gasteiger partial charge on any atom is -0.480 e. The first-order valence-corrected chi connectivity index (χ1v) is 5.60. The molecule has 0 atom stereocenters. The smallest absolute Gasteiger partial charge is 0.323 e. The summed E-state index contributed by atoms with van der Waals surface area (Å²) in [6, 6.07) is 0. The van der Waals surface area contributed by atoms with Gasteiger partial charge in [-0.25, -0.2) is 0 Å². The second-order valence-corrected chi connectivity index (χ2v) is 3.77. The fourth-order valence-electron chi connectivity index (χ4n) is 1.48. The van der Waals surface area contributed by atoms with E-state index in [2.05, 4.69) is 5.10 Å². The Bertz CT molecular complexity index is 484. The summed E-state index contributed by atoms with van der Waals surface area (Å²) in [4.78, 5) is 33.3. The van der Waals surface area contributed by atoms with E-state index in [4.69, 9.17) is 5.11 Å². The molecule has 0 saturated carbocycles. The van der Waals surface area contributed by atoms with Crippen LogP contribution in [-0.2, 0) is 16.1 Å². The molecule has 1 rings (SSSR count). The zero-order chi connectivity index (χ0) is 14.4. The van der Waals surface area contributed by atoms with Crippen LogP contribution in [0.25, 0.3) is 0 Å². The molecule has 0 fully saturated rings. The third-order valence-corrected chi connectivity index (χ3v) is 2.45. The van der Waals surface area contributed by atoms with Crippen molar-refractivity contribution in [2.24, 2.45) is 0 Å². The number of aliphatic carboxylic acids is 1. The largest absolute Gasteiger partial charge is 0.480 e. The quantitative estimate of drug-likeness (QED) is 0.555. The Hall–Kier alpha value is -2.45. The van der Waals surface area contributed by atoms with Crippen LogP contribution in [0.15, 0.2) is 12.4 Å². The number of carboxylic acid groups (broad SMARTS) is 1. The third-order valence-electron chi connectivity index (χ3n) is 2.45. The fraction of sp³-hybridized carbons (Fsp3) is 0.500. The van der Waals surface area contributed by atoms with Gasteiger partial charge in [-0.3, -0.25) is 24.4 Å². The molecule has 1 aromatic heterocycles. The van der Waals surface area contributed by atoms with Gasteiger partial charge in [0.1, 0.15) is 18.9 Å². The highest BCUT2D eigenvalue weighted by atomic mass is 16.6. The first kappa shape index (κ1) is 14.6. The van der Waals surface area contributed by atoms with Crippen molar-refractivity contribution < 1.29 is 19.6 Å². The van der Waals surface area contributed by atoms with Crippen LogP contribution in [0.4, 0.5) is 5.69 Å². The molecule has 0 aromatic carbocycles. The number of carbonyl (C=O) groups is 2. The molecule has 1 N–H and O–H groups in total. The summed E-state index contributed by atoms with van der Waals surface area (Å²) < 4.78 is 1.28. The standard InChI is InChI=1S/C10H14N4O5/c1-2-12(7-10(16)17)9(15)3-4-13-6-8(5-11-13)14(18)19/h5-6H,2-4,7H2,1H3,(H,16,17). The van der Waals surface area contributed by atoms with Gasteiger partial charge in [0.15, 0.2) is 0 Å². The second kappa shape index (κ2) is 6.47. The molecule has 19 heavy (non-hydrogen) atoms. The number of rotatable bonds is 7. The van der Waals surface area contributed by atoms with Gasteiger partial charge in [-0.1, -0.05) is 0 Å². The first-order chi connectivity index (χ1) is 8.93. The molecule has 0 aliphatic carbocycles. The molecule has 1 aromatic rings. The Morgan fingerprint density at radius 2 is 2.26 bits per heavy atom. The topological polar surface area (TPSA) is 119 Å². The number of hydrogen-bond acceptors (Lipinski definition) is 5. The normalized spacial score (nSPS) is 10.2. The number of aryl methyl sites for hydroxylation is 1. The maximum Gasteiger partial charge on any atom is 0.323 e. The lowest BCUT2D eigenvalue weighted by molar-refractivity contribution is -0.385. The summed E-state index contributed by atoms with van der Waals surface area (Å²) in [6.45, 7) is 1.79. The minimum absolute atomic E-state index is 0.0416. The highest BCUT2D eigenvalue weighted by molar-refractivity contribution is 5.81. The van der Waals surface area contributed by atoms with E-state index >= 15 is 0 Å². The maximum atomic E-state index is 11.7. The number of likely N-dealkylation sites (N-methyl/N-ethyl adjacent to an activating group) is 1. The van der Waals surface area contributed by atoms with Gasteiger partial charge in [0.2, 0.25) is 5.91 Å². The SMILES string of the molecule is CCN(CC(=O)O)C(=O)CCn1cc([N+](=O)[O-])cn1. The molecule has 0 saturated heterocycles. The number of nitro groups is 1. The summed E-state index contributed by atoms with van der Waals surface area (Å²) in [7, 11) is 0. The lowest BCUT2D eigenvalue weighted by Crippen LogP contribution is -2.35. The summed E-state index contributed by atoms with van der Waals surface area (Å²) in [5.74, 6) is -1.41. The predicted octanol–water partition coefficient (Wildman–Crippen LogP) is 0.114. The molecule has 0 bridgehead atoms. The van der Waals surface area contributed by atoms with Crippen LogP contribution in [0.1, 0.15) is 13.3 Å². The van der Waals surface area contributed by atoms with Crippen molar-refractivity contribution in [3.8, 4) is 0 Å². The number of carbonyl (C=O) groups excluding carboxylic acids is 1. The van der Waals surface area contributed by atoms with E-state index in [9.17, 15) is 19.7 Å². The van der Waals surface area contributed by atoms with E-state index in [1.54, 1.807) is 6.92 Å². The Labute approximate surface area is 108 Å². The summed E-state index contributed by atoms with van der Waals surface area (Å²) in [5, 5.41) is 22.8. The van der Waals surface area contributed by atoms with E-state index < -0.39 is 10.9 Å². The highest BCUT2D eigenvalue weighted by Gasteiger charge is 2.15. The lowest BCUT2D eigenvalue weighted by Gasteiger charge is -2.18. The molecule has 1 heterocycles. The third kappa shape index (κ3) is 4.37. The van der Waals surface area contributed by atoms with E-state index in [0.717, 1.165) is 6.20 Å². The van der Waals surface area contributed by atoms with Gasteiger partial charge in [-0.2, -0.15) is 5.10 Å². The zero-order valence-electron chi connectivity index (χ0n) is 10.4.